The molecule has 114 valence electrons. The van der Waals surface area contributed by atoms with Gasteiger partial charge in [0.25, 0.3) is 0 Å². The van der Waals surface area contributed by atoms with Crippen molar-refractivity contribution < 1.29 is 0 Å². The van der Waals surface area contributed by atoms with Crippen LogP contribution in [0.3, 0.4) is 0 Å². The molecule has 1 aromatic carbocycles. The molecular weight excluding hydrogens is 274 g/mol. The molecule has 0 N–H and O–H groups in total. The molecule has 2 heterocycles. The summed E-state index contributed by atoms with van der Waals surface area (Å²) in [4.78, 5) is 15.8. The Morgan fingerprint density at radius 3 is 2.64 bits per heavy atom. The van der Waals surface area contributed by atoms with Gasteiger partial charge in [-0.3, -0.25) is 0 Å². The molecule has 0 unspecified atom stereocenters. The summed E-state index contributed by atoms with van der Waals surface area (Å²) in [5.74, 6) is 2.78. The van der Waals surface area contributed by atoms with Crippen molar-refractivity contribution in [2.45, 2.75) is 26.8 Å². The Labute approximate surface area is 130 Å². The first kappa shape index (κ1) is 14.5. The van der Waals surface area contributed by atoms with E-state index in [0.717, 1.165) is 40.6 Å². The number of fused-ring (bicyclic) bond motifs is 1. The molecule has 0 saturated carbocycles. The van der Waals surface area contributed by atoms with Gasteiger partial charge in [-0.25, -0.2) is 15.0 Å². The van der Waals surface area contributed by atoms with Crippen LogP contribution < -0.4 is 4.90 Å². The zero-order valence-corrected chi connectivity index (χ0v) is 13.5. The molecule has 5 nitrogen and oxygen atoms in total. The quantitative estimate of drug-likeness (QED) is 0.742. The van der Waals surface area contributed by atoms with E-state index in [9.17, 15) is 0 Å². The molecule has 5 heteroatoms. The summed E-state index contributed by atoms with van der Waals surface area (Å²) in [5.41, 5.74) is 3.25. The third kappa shape index (κ3) is 2.66. The smallest absolute Gasteiger partial charge is 0.132 e. The van der Waals surface area contributed by atoms with Gasteiger partial charge >= 0.3 is 0 Å². The number of anilines is 1. The van der Waals surface area contributed by atoms with Crippen LogP contribution in [-0.2, 0) is 20.0 Å². The zero-order valence-electron chi connectivity index (χ0n) is 13.5. The van der Waals surface area contributed by atoms with E-state index in [4.69, 9.17) is 4.98 Å². The Morgan fingerprint density at radius 1 is 1.14 bits per heavy atom. The van der Waals surface area contributed by atoms with E-state index in [2.05, 4.69) is 45.5 Å². The molecule has 2 aromatic heterocycles. The fraction of sp³-hybridized carbons (Fsp3) is 0.353. The van der Waals surface area contributed by atoms with Crippen LogP contribution in [0, 0.1) is 6.92 Å². The van der Waals surface area contributed by atoms with Gasteiger partial charge in [0, 0.05) is 25.9 Å². The van der Waals surface area contributed by atoms with Crippen LogP contribution in [-0.4, -0.2) is 26.6 Å². The second kappa shape index (κ2) is 5.75. The van der Waals surface area contributed by atoms with Gasteiger partial charge in [0.15, 0.2) is 0 Å². The number of para-hydroxylation sites is 2. The first-order valence-corrected chi connectivity index (χ1v) is 7.54. The molecular formula is C17H21N5. The second-order valence-electron chi connectivity index (χ2n) is 5.55. The lowest BCUT2D eigenvalue weighted by atomic mass is 10.3. The van der Waals surface area contributed by atoms with Crippen LogP contribution in [0.25, 0.3) is 11.0 Å². The highest BCUT2D eigenvalue weighted by molar-refractivity contribution is 5.75. The van der Waals surface area contributed by atoms with E-state index in [1.165, 1.54) is 0 Å². The number of rotatable bonds is 4. The van der Waals surface area contributed by atoms with Crippen molar-refractivity contribution in [2.75, 3.05) is 11.9 Å². The normalized spacial score (nSPS) is 11.1. The van der Waals surface area contributed by atoms with Gasteiger partial charge in [-0.1, -0.05) is 19.1 Å². The first-order chi connectivity index (χ1) is 10.6. The van der Waals surface area contributed by atoms with E-state index in [1.807, 2.05) is 32.2 Å². The van der Waals surface area contributed by atoms with Crippen LogP contribution >= 0.6 is 0 Å². The molecule has 22 heavy (non-hydrogen) atoms. The summed E-state index contributed by atoms with van der Waals surface area (Å²) in [7, 11) is 4.10. The number of aromatic nitrogens is 4. The van der Waals surface area contributed by atoms with Crippen LogP contribution in [0.15, 0.2) is 30.3 Å². The number of aryl methyl sites for hydroxylation is 3. The third-order valence-electron chi connectivity index (χ3n) is 3.89. The molecule has 3 rings (SSSR count). The lowest BCUT2D eigenvalue weighted by molar-refractivity contribution is 0.762. The maximum Gasteiger partial charge on any atom is 0.132 e. The topological polar surface area (TPSA) is 46.8 Å². The predicted octanol–water partition coefficient (Wildman–Crippen LogP) is 2.87. The van der Waals surface area contributed by atoms with Gasteiger partial charge in [0.1, 0.15) is 17.5 Å². The van der Waals surface area contributed by atoms with Gasteiger partial charge in [-0.2, -0.15) is 0 Å². The second-order valence-corrected chi connectivity index (χ2v) is 5.55. The van der Waals surface area contributed by atoms with Crippen molar-refractivity contribution in [1.82, 2.24) is 19.5 Å². The lowest BCUT2D eigenvalue weighted by Crippen LogP contribution is -2.21. The predicted molar refractivity (Wildman–Crippen MR) is 89.0 cm³/mol. The standard InChI is InChI=1S/C17H21N5/c1-5-13-10-16(19-12(2)18-13)21(3)11-17-20-14-8-6-7-9-15(14)22(17)4/h6-10H,5,11H2,1-4H3. The first-order valence-electron chi connectivity index (χ1n) is 7.54. The van der Waals surface area contributed by atoms with Crippen molar-refractivity contribution in [1.29, 1.82) is 0 Å². The highest BCUT2D eigenvalue weighted by Gasteiger charge is 2.12. The summed E-state index contributed by atoms with van der Waals surface area (Å²) < 4.78 is 2.14. The number of hydrogen-bond acceptors (Lipinski definition) is 4. The Morgan fingerprint density at radius 2 is 1.91 bits per heavy atom. The van der Waals surface area contributed by atoms with E-state index < -0.39 is 0 Å². The molecule has 0 amide bonds. The Hall–Kier alpha value is -2.43. The Bertz CT molecular complexity index is 806. The molecule has 0 radical (unpaired) electrons. The molecule has 0 aliphatic heterocycles. The average molecular weight is 295 g/mol. The van der Waals surface area contributed by atoms with E-state index in [1.54, 1.807) is 0 Å². The molecule has 0 aliphatic rings. The van der Waals surface area contributed by atoms with Gasteiger partial charge < -0.3 is 9.47 Å². The van der Waals surface area contributed by atoms with E-state index in [-0.39, 0.29) is 0 Å². The summed E-state index contributed by atoms with van der Waals surface area (Å²) in [6.45, 7) is 4.76. The SMILES string of the molecule is CCc1cc(N(C)Cc2nc3ccccc3n2C)nc(C)n1. The van der Waals surface area contributed by atoms with Gasteiger partial charge in [-0.15, -0.1) is 0 Å². The minimum Gasteiger partial charge on any atom is -0.352 e. The number of nitrogens with zero attached hydrogens (tertiary/aromatic N) is 5. The Kier molecular flexibility index (Phi) is 3.79. The summed E-state index contributed by atoms with van der Waals surface area (Å²) in [6.07, 6.45) is 0.913. The lowest BCUT2D eigenvalue weighted by Gasteiger charge is -2.18. The van der Waals surface area contributed by atoms with E-state index >= 15 is 0 Å². The summed E-state index contributed by atoms with van der Waals surface area (Å²) in [6, 6.07) is 10.2. The fourth-order valence-corrected chi connectivity index (χ4v) is 2.62. The molecule has 3 aromatic rings. The largest absolute Gasteiger partial charge is 0.352 e. The number of hydrogen-bond donors (Lipinski definition) is 0. The monoisotopic (exact) mass is 295 g/mol. The van der Waals surface area contributed by atoms with Crippen molar-refractivity contribution in [3.05, 3.63) is 47.7 Å². The molecule has 0 aliphatic carbocycles. The highest BCUT2D eigenvalue weighted by atomic mass is 15.2. The minimum absolute atomic E-state index is 0.713. The maximum absolute atomic E-state index is 4.72. The van der Waals surface area contributed by atoms with Crippen LogP contribution in [0.5, 0.6) is 0 Å². The molecule has 0 atom stereocenters. The molecule has 0 fully saturated rings. The third-order valence-corrected chi connectivity index (χ3v) is 3.89. The van der Waals surface area contributed by atoms with Gasteiger partial charge in [0.2, 0.25) is 0 Å². The van der Waals surface area contributed by atoms with Gasteiger partial charge in [0.05, 0.1) is 17.6 Å². The maximum atomic E-state index is 4.72. The van der Waals surface area contributed by atoms with Crippen molar-refractivity contribution in [2.24, 2.45) is 7.05 Å². The molecule has 0 spiro atoms. The zero-order chi connectivity index (χ0) is 15.7. The number of imidazole rings is 1. The summed E-state index contributed by atoms with van der Waals surface area (Å²) in [5, 5.41) is 0. The summed E-state index contributed by atoms with van der Waals surface area (Å²) >= 11 is 0. The van der Waals surface area contributed by atoms with Crippen molar-refractivity contribution in [3.8, 4) is 0 Å². The fourth-order valence-electron chi connectivity index (χ4n) is 2.62. The van der Waals surface area contributed by atoms with Gasteiger partial charge in [-0.05, 0) is 25.5 Å². The average Bonchev–Trinajstić information content (AvgIpc) is 2.83. The highest BCUT2D eigenvalue weighted by Crippen LogP contribution is 2.18. The van der Waals surface area contributed by atoms with Crippen LogP contribution in [0.1, 0.15) is 24.3 Å². The Balaban J connectivity index is 1.91. The van der Waals surface area contributed by atoms with Crippen LogP contribution in [0.4, 0.5) is 5.82 Å². The molecule has 0 bridgehead atoms. The van der Waals surface area contributed by atoms with Crippen molar-refractivity contribution in [3.63, 3.8) is 0 Å². The van der Waals surface area contributed by atoms with Crippen molar-refractivity contribution >= 4 is 16.9 Å². The molecule has 0 saturated heterocycles. The number of benzene rings is 1. The van der Waals surface area contributed by atoms with E-state index in [0.29, 0.717) is 6.54 Å². The minimum atomic E-state index is 0.713. The van der Waals surface area contributed by atoms with Crippen LogP contribution in [0.2, 0.25) is 0 Å².